The second-order valence-corrected chi connectivity index (χ2v) is 5.54. The minimum absolute atomic E-state index is 0.487. The summed E-state index contributed by atoms with van der Waals surface area (Å²) in [5.41, 5.74) is 0.909. The van der Waals surface area contributed by atoms with E-state index in [2.05, 4.69) is 0 Å². The monoisotopic (exact) mass is 313 g/mol. The van der Waals surface area contributed by atoms with Crippen LogP contribution >= 0.6 is 11.6 Å². The largest absolute Gasteiger partial charge is 0.489 e. The fourth-order valence-corrected chi connectivity index (χ4v) is 2.74. The van der Waals surface area contributed by atoms with Gasteiger partial charge in [-0.1, -0.05) is 18.5 Å². The SMILES string of the molecule is CCC(C(=O)O)N(C)Cc1cc(Cl)c2c(c1)OCCCO2. The van der Waals surface area contributed by atoms with Gasteiger partial charge in [0.05, 0.1) is 18.2 Å². The summed E-state index contributed by atoms with van der Waals surface area (Å²) in [6, 6.07) is 3.16. The normalized spacial score (nSPS) is 15.6. The Bertz CT molecular complexity index is 521. The van der Waals surface area contributed by atoms with E-state index in [-0.39, 0.29) is 0 Å². The summed E-state index contributed by atoms with van der Waals surface area (Å²) in [4.78, 5) is 13.0. The predicted octanol–water partition coefficient (Wildman–Crippen LogP) is 2.80. The molecule has 0 aromatic heterocycles. The Balaban J connectivity index is 2.19. The van der Waals surface area contributed by atoms with Crippen molar-refractivity contribution in [2.75, 3.05) is 20.3 Å². The molecule has 1 aliphatic heterocycles. The van der Waals surface area contributed by atoms with E-state index >= 15 is 0 Å². The van der Waals surface area contributed by atoms with Crippen molar-refractivity contribution in [3.8, 4) is 11.5 Å². The van der Waals surface area contributed by atoms with E-state index in [1.807, 2.05) is 13.0 Å². The first kappa shape index (κ1) is 15.9. The summed E-state index contributed by atoms with van der Waals surface area (Å²) in [7, 11) is 1.79. The zero-order valence-electron chi connectivity index (χ0n) is 12.3. The molecule has 0 radical (unpaired) electrons. The molecular formula is C15H20ClNO4. The number of aliphatic carboxylic acids is 1. The van der Waals surface area contributed by atoms with Crippen molar-refractivity contribution < 1.29 is 19.4 Å². The minimum Gasteiger partial charge on any atom is -0.489 e. The molecule has 0 fully saturated rings. The van der Waals surface area contributed by atoms with E-state index in [0.717, 1.165) is 12.0 Å². The van der Waals surface area contributed by atoms with Crippen molar-refractivity contribution in [2.24, 2.45) is 0 Å². The van der Waals surface area contributed by atoms with Crippen LogP contribution < -0.4 is 9.47 Å². The van der Waals surface area contributed by atoms with E-state index < -0.39 is 12.0 Å². The molecule has 0 bridgehead atoms. The third-order valence-corrected chi connectivity index (χ3v) is 3.78. The highest BCUT2D eigenvalue weighted by molar-refractivity contribution is 6.32. The molecule has 0 spiro atoms. The average molecular weight is 314 g/mol. The highest BCUT2D eigenvalue weighted by Crippen LogP contribution is 2.38. The van der Waals surface area contributed by atoms with E-state index in [0.29, 0.717) is 42.7 Å². The minimum atomic E-state index is -0.819. The van der Waals surface area contributed by atoms with Crippen LogP contribution in [-0.2, 0) is 11.3 Å². The molecule has 1 heterocycles. The van der Waals surface area contributed by atoms with Gasteiger partial charge in [0.2, 0.25) is 0 Å². The molecule has 0 saturated heterocycles. The Morgan fingerprint density at radius 1 is 1.43 bits per heavy atom. The fraction of sp³-hybridized carbons (Fsp3) is 0.533. The Labute approximate surface area is 129 Å². The van der Waals surface area contributed by atoms with Gasteiger partial charge < -0.3 is 14.6 Å². The van der Waals surface area contributed by atoms with Crippen LogP contribution in [0.3, 0.4) is 0 Å². The number of carboxylic acids is 1. The smallest absolute Gasteiger partial charge is 0.320 e. The zero-order valence-corrected chi connectivity index (χ0v) is 13.0. The first-order chi connectivity index (χ1) is 10.0. The third-order valence-electron chi connectivity index (χ3n) is 3.50. The number of likely N-dealkylation sites (N-methyl/N-ethyl adjacent to an activating group) is 1. The van der Waals surface area contributed by atoms with Gasteiger partial charge in [-0.05, 0) is 31.2 Å². The van der Waals surface area contributed by atoms with Crippen molar-refractivity contribution >= 4 is 17.6 Å². The number of hydrogen-bond acceptors (Lipinski definition) is 4. The van der Waals surface area contributed by atoms with Crippen LogP contribution in [0, 0.1) is 0 Å². The number of carboxylic acid groups (broad SMARTS) is 1. The number of nitrogens with zero attached hydrogens (tertiary/aromatic N) is 1. The molecule has 1 atom stereocenters. The van der Waals surface area contributed by atoms with Crippen molar-refractivity contribution in [1.29, 1.82) is 0 Å². The third kappa shape index (κ3) is 3.80. The first-order valence-electron chi connectivity index (χ1n) is 7.04. The average Bonchev–Trinajstić information content (AvgIpc) is 2.64. The van der Waals surface area contributed by atoms with Gasteiger partial charge in [-0.15, -0.1) is 0 Å². The van der Waals surface area contributed by atoms with E-state index in [1.54, 1.807) is 18.0 Å². The Morgan fingerprint density at radius 2 is 2.14 bits per heavy atom. The number of fused-ring (bicyclic) bond motifs is 1. The number of rotatable bonds is 5. The summed E-state index contributed by atoms with van der Waals surface area (Å²) in [5, 5.41) is 9.69. The molecule has 1 aromatic carbocycles. The Hall–Kier alpha value is -1.46. The molecule has 1 aliphatic rings. The number of carbonyl (C=O) groups is 1. The molecule has 2 rings (SSSR count). The van der Waals surface area contributed by atoms with Crippen molar-refractivity contribution in [1.82, 2.24) is 4.90 Å². The van der Waals surface area contributed by atoms with Crippen LogP contribution in [0.5, 0.6) is 11.5 Å². The summed E-state index contributed by atoms with van der Waals surface area (Å²) in [6.07, 6.45) is 1.36. The molecule has 6 heteroatoms. The van der Waals surface area contributed by atoms with E-state index in [1.165, 1.54) is 0 Å². The molecule has 0 aliphatic carbocycles. The second kappa shape index (κ2) is 7.00. The summed E-state index contributed by atoms with van der Waals surface area (Å²) >= 11 is 6.24. The molecule has 21 heavy (non-hydrogen) atoms. The van der Waals surface area contributed by atoms with Crippen molar-refractivity contribution in [3.05, 3.63) is 22.7 Å². The van der Waals surface area contributed by atoms with Gasteiger partial charge in [0.1, 0.15) is 6.04 Å². The maximum atomic E-state index is 11.2. The highest BCUT2D eigenvalue weighted by atomic mass is 35.5. The summed E-state index contributed by atoms with van der Waals surface area (Å²) < 4.78 is 11.2. The molecule has 0 saturated carbocycles. The Kier molecular flexibility index (Phi) is 5.31. The van der Waals surface area contributed by atoms with E-state index in [9.17, 15) is 9.90 Å². The number of hydrogen-bond donors (Lipinski definition) is 1. The van der Waals surface area contributed by atoms with E-state index in [4.69, 9.17) is 21.1 Å². The van der Waals surface area contributed by atoms with Gasteiger partial charge in [-0.25, -0.2) is 0 Å². The van der Waals surface area contributed by atoms with Gasteiger partial charge >= 0.3 is 5.97 Å². The maximum Gasteiger partial charge on any atom is 0.320 e. The summed E-state index contributed by atoms with van der Waals surface area (Å²) in [6.45, 7) is 3.52. The highest BCUT2D eigenvalue weighted by Gasteiger charge is 2.22. The molecule has 1 N–H and O–H groups in total. The molecule has 116 valence electrons. The lowest BCUT2D eigenvalue weighted by Crippen LogP contribution is -2.37. The van der Waals surface area contributed by atoms with Crippen molar-refractivity contribution in [2.45, 2.75) is 32.4 Å². The van der Waals surface area contributed by atoms with Crippen molar-refractivity contribution in [3.63, 3.8) is 0 Å². The zero-order chi connectivity index (χ0) is 15.4. The second-order valence-electron chi connectivity index (χ2n) is 5.13. The van der Waals surface area contributed by atoms with Gasteiger partial charge in [0.15, 0.2) is 11.5 Å². The van der Waals surface area contributed by atoms with Gasteiger partial charge in [-0.3, -0.25) is 9.69 Å². The first-order valence-corrected chi connectivity index (χ1v) is 7.41. The number of benzene rings is 1. The lowest BCUT2D eigenvalue weighted by molar-refractivity contribution is -0.143. The summed E-state index contributed by atoms with van der Waals surface area (Å²) in [5.74, 6) is 0.387. The standard InChI is InChI=1S/C15H20ClNO4/c1-3-12(15(18)19)17(2)9-10-7-11(16)14-13(8-10)20-5-4-6-21-14/h7-8,12H,3-6,9H2,1-2H3,(H,18,19). The van der Waals surface area contributed by atoms with Gasteiger partial charge in [0, 0.05) is 13.0 Å². The molecule has 1 aromatic rings. The molecule has 1 unspecified atom stereocenters. The number of halogens is 1. The fourth-order valence-electron chi connectivity index (χ4n) is 2.45. The number of ether oxygens (including phenoxy) is 2. The van der Waals surface area contributed by atoms with Crippen LogP contribution in [-0.4, -0.2) is 42.3 Å². The van der Waals surface area contributed by atoms with Crippen LogP contribution in [0.2, 0.25) is 5.02 Å². The van der Waals surface area contributed by atoms with Gasteiger partial charge in [0.25, 0.3) is 0 Å². The lowest BCUT2D eigenvalue weighted by atomic mass is 10.1. The van der Waals surface area contributed by atoms with Crippen LogP contribution in [0.15, 0.2) is 12.1 Å². The molecule has 5 nitrogen and oxygen atoms in total. The lowest BCUT2D eigenvalue weighted by Gasteiger charge is -2.24. The topological polar surface area (TPSA) is 59.0 Å². The van der Waals surface area contributed by atoms with Crippen LogP contribution in [0.4, 0.5) is 0 Å². The molecular weight excluding hydrogens is 294 g/mol. The maximum absolute atomic E-state index is 11.2. The quantitative estimate of drug-likeness (QED) is 0.906. The molecule has 0 amide bonds. The predicted molar refractivity (Wildman–Crippen MR) is 80.2 cm³/mol. The van der Waals surface area contributed by atoms with Gasteiger partial charge in [-0.2, -0.15) is 0 Å². The van der Waals surface area contributed by atoms with Crippen LogP contribution in [0.1, 0.15) is 25.3 Å². The van der Waals surface area contributed by atoms with Crippen LogP contribution in [0.25, 0.3) is 0 Å². The Morgan fingerprint density at radius 3 is 2.81 bits per heavy atom.